The lowest BCUT2D eigenvalue weighted by Gasteiger charge is -2.40. The third kappa shape index (κ3) is 6.38. The number of hydrogen-bond donors (Lipinski definition) is 2. The first kappa shape index (κ1) is 35.5. The molecule has 3 aromatic carbocycles. The van der Waals surface area contributed by atoms with Crippen LogP contribution in [-0.2, 0) is 19.5 Å². The number of aromatic nitrogens is 3. The van der Waals surface area contributed by atoms with Crippen molar-refractivity contribution >= 4 is 19.4 Å². The molecule has 1 saturated heterocycles. The Morgan fingerprint density at radius 1 is 0.920 bits per heavy atom. The van der Waals surface area contributed by atoms with Gasteiger partial charge in [0.15, 0.2) is 26.0 Å². The molecule has 4 atom stereocenters. The van der Waals surface area contributed by atoms with Crippen molar-refractivity contribution in [1.82, 2.24) is 14.5 Å². The molecule has 0 spiro atoms. The van der Waals surface area contributed by atoms with Crippen LogP contribution in [0.3, 0.4) is 0 Å². The van der Waals surface area contributed by atoms with Crippen molar-refractivity contribution in [2.45, 2.75) is 69.0 Å². The van der Waals surface area contributed by atoms with E-state index in [1.54, 1.807) is 14.2 Å². The maximum atomic E-state index is 15.3. The minimum absolute atomic E-state index is 0.0856. The van der Waals surface area contributed by atoms with Crippen LogP contribution >= 0.6 is 0 Å². The fourth-order valence-corrected chi connectivity index (χ4v) is 7.54. The fraction of sp³-hybridized carbons (Fsp3) is 0.368. The van der Waals surface area contributed by atoms with Crippen molar-refractivity contribution in [1.29, 1.82) is 0 Å². The molecule has 2 N–H and O–H groups in total. The molecule has 6 rings (SSSR count). The number of halogens is 1. The first-order valence-corrected chi connectivity index (χ1v) is 19.4. The zero-order valence-electron chi connectivity index (χ0n) is 29.3. The molecule has 0 radical (unpaired) electrons. The summed E-state index contributed by atoms with van der Waals surface area (Å²) in [6, 6.07) is 25.1. The summed E-state index contributed by atoms with van der Waals surface area (Å²) in [5, 5.41) is 11.6. The van der Waals surface area contributed by atoms with E-state index >= 15 is 4.39 Å². The highest BCUT2D eigenvalue weighted by Gasteiger charge is 2.52. The van der Waals surface area contributed by atoms with Crippen LogP contribution in [0.2, 0.25) is 18.1 Å². The first-order chi connectivity index (χ1) is 23.8. The number of methoxy groups -OCH3 is 2. The molecule has 12 heteroatoms. The van der Waals surface area contributed by atoms with Crippen molar-refractivity contribution in [3.05, 3.63) is 124 Å². The summed E-state index contributed by atoms with van der Waals surface area (Å²) in [5.41, 5.74) is 0.777. The van der Waals surface area contributed by atoms with Gasteiger partial charge in [-0.1, -0.05) is 75.4 Å². The molecule has 0 saturated carbocycles. The highest BCUT2D eigenvalue weighted by Crippen LogP contribution is 2.45. The van der Waals surface area contributed by atoms with Gasteiger partial charge in [-0.05, 0) is 59.1 Å². The van der Waals surface area contributed by atoms with Gasteiger partial charge < -0.3 is 38.0 Å². The summed E-state index contributed by atoms with van der Waals surface area (Å²) in [6.45, 7) is 10.4. The van der Waals surface area contributed by atoms with E-state index in [0.29, 0.717) is 11.5 Å². The van der Waals surface area contributed by atoms with E-state index in [-0.39, 0.29) is 22.7 Å². The lowest BCUT2D eigenvalue weighted by molar-refractivity contribution is -0.0940. The van der Waals surface area contributed by atoms with E-state index < -0.39 is 49.8 Å². The van der Waals surface area contributed by atoms with Crippen LogP contribution < -0.4 is 15.0 Å². The quantitative estimate of drug-likeness (QED) is 0.118. The summed E-state index contributed by atoms with van der Waals surface area (Å²) in [4.78, 5) is 19.3. The van der Waals surface area contributed by atoms with Crippen LogP contribution in [0, 0.1) is 5.82 Å². The van der Waals surface area contributed by atoms with Gasteiger partial charge in [-0.15, -0.1) is 0 Å². The molecule has 264 valence electrons. The number of aromatic amines is 1. The van der Waals surface area contributed by atoms with Crippen molar-refractivity contribution in [2.24, 2.45) is 0 Å². The van der Waals surface area contributed by atoms with Gasteiger partial charge in [0.05, 0.1) is 27.2 Å². The molecule has 2 aromatic heterocycles. The minimum Gasteiger partial charge on any atom is -0.497 e. The first-order valence-electron chi connectivity index (χ1n) is 16.5. The van der Waals surface area contributed by atoms with Gasteiger partial charge in [0, 0.05) is 6.20 Å². The van der Waals surface area contributed by atoms with Gasteiger partial charge in [0.25, 0.3) is 5.56 Å². The van der Waals surface area contributed by atoms with Gasteiger partial charge >= 0.3 is 0 Å². The summed E-state index contributed by atoms with van der Waals surface area (Å²) in [5.74, 6) is 0.625. The fourth-order valence-electron chi connectivity index (χ4n) is 6.25. The Morgan fingerprint density at radius 2 is 1.48 bits per heavy atom. The lowest BCUT2D eigenvalue weighted by atomic mass is 9.80. The Kier molecular flexibility index (Phi) is 9.77. The van der Waals surface area contributed by atoms with E-state index in [1.165, 1.54) is 17.1 Å². The maximum absolute atomic E-state index is 15.3. The molecule has 5 aromatic rings. The number of benzene rings is 3. The summed E-state index contributed by atoms with van der Waals surface area (Å²) >= 11 is 0. The molecule has 0 bridgehead atoms. The van der Waals surface area contributed by atoms with Gasteiger partial charge in [-0.2, -0.15) is 0 Å². The predicted molar refractivity (Wildman–Crippen MR) is 191 cm³/mol. The summed E-state index contributed by atoms with van der Waals surface area (Å²) < 4.78 is 48.1. The highest BCUT2D eigenvalue weighted by molar-refractivity contribution is 6.74. The largest absolute Gasteiger partial charge is 0.497 e. The number of ether oxygens (including phenoxy) is 4. The normalized spacial score (nSPS) is 19.9. The second-order valence-electron chi connectivity index (χ2n) is 14.0. The zero-order chi connectivity index (χ0) is 35.8. The van der Waals surface area contributed by atoms with E-state index in [4.69, 9.17) is 23.4 Å². The monoisotopic (exact) mass is 701 g/mol. The highest BCUT2D eigenvalue weighted by atomic mass is 28.4. The Hall–Kier alpha value is -4.33. The lowest BCUT2D eigenvalue weighted by Crippen LogP contribution is -2.49. The van der Waals surface area contributed by atoms with Gasteiger partial charge in [0.1, 0.15) is 40.8 Å². The van der Waals surface area contributed by atoms with E-state index in [9.17, 15) is 9.90 Å². The summed E-state index contributed by atoms with van der Waals surface area (Å²) in [6.07, 6.45) is -1.64. The molecule has 1 fully saturated rings. The number of fused-ring (bicyclic) bond motifs is 1. The number of H-pyrrole nitrogens is 1. The van der Waals surface area contributed by atoms with Crippen molar-refractivity contribution in [3.8, 4) is 11.5 Å². The minimum atomic E-state index is -2.52. The number of aliphatic hydroxyl groups excluding tert-OH is 1. The van der Waals surface area contributed by atoms with Crippen molar-refractivity contribution in [2.75, 3.05) is 20.8 Å². The van der Waals surface area contributed by atoms with E-state index in [0.717, 1.165) is 16.7 Å². The van der Waals surface area contributed by atoms with Crippen LogP contribution in [0.4, 0.5) is 4.39 Å². The Labute approximate surface area is 291 Å². The molecule has 1 aliphatic heterocycles. The number of rotatable bonds is 11. The van der Waals surface area contributed by atoms with E-state index in [1.807, 2.05) is 78.9 Å². The topological polar surface area (TPSA) is 117 Å². The molecule has 1 aliphatic rings. The zero-order valence-corrected chi connectivity index (χ0v) is 30.3. The number of nitrogens with zero attached hydrogens (tertiary/aromatic N) is 2. The van der Waals surface area contributed by atoms with Crippen LogP contribution in [0.15, 0.2) is 96.2 Å². The number of hydrogen-bond acceptors (Lipinski definition) is 8. The van der Waals surface area contributed by atoms with Crippen molar-refractivity contribution in [3.63, 3.8) is 0 Å². The number of aliphatic hydroxyl groups is 1. The van der Waals surface area contributed by atoms with E-state index in [2.05, 4.69) is 43.8 Å². The standard InChI is InChI=1S/C38H44FN3O7Si/c1-37(2,3)50(6,7)49-33-32(43)30(48-36(33)42-21-29(39)31-34(42)40-23-41-35(31)44)22-47-38(24-11-9-8-10-12-24,25-13-17-27(45-4)18-14-25)26-15-19-28(46-5)20-16-26/h8-21,23,30,32-33,36,43H,22H2,1-7H3,(H,40,41,44)/t30-,32-,33-,36?/m1/s1. The SMILES string of the molecule is COc1ccc(C(OC[C@H]2OC(n3cc(F)c4c(=O)[nH]cnc43)[C@H](O[Si](C)(C)C(C)(C)C)[C@@H]2O)(c2ccccc2)c2ccc(OC)cc2)cc1. The van der Waals surface area contributed by atoms with Crippen molar-refractivity contribution < 1.29 is 32.9 Å². The van der Waals surface area contributed by atoms with Crippen LogP contribution in [0.1, 0.15) is 43.7 Å². The molecule has 50 heavy (non-hydrogen) atoms. The Bertz CT molecular complexity index is 1930. The average molecular weight is 702 g/mol. The van der Waals surface area contributed by atoms with Gasteiger partial charge in [-0.25, -0.2) is 9.37 Å². The Morgan fingerprint density at radius 3 is 2.02 bits per heavy atom. The Balaban J connectivity index is 1.45. The second kappa shape index (κ2) is 13.8. The molecule has 1 unspecified atom stereocenters. The average Bonchev–Trinajstić information content (AvgIpc) is 3.61. The van der Waals surface area contributed by atoms with Crippen LogP contribution in [0.25, 0.3) is 11.0 Å². The maximum Gasteiger partial charge on any atom is 0.263 e. The molecular weight excluding hydrogens is 658 g/mol. The molecular formula is C38H44FN3O7Si. The molecule has 10 nitrogen and oxygen atoms in total. The smallest absolute Gasteiger partial charge is 0.263 e. The van der Waals surface area contributed by atoms with Gasteiger partial charge in [0.2, 0.25) is 0 Å². The molecule has 3 heterocycles. The number of nitrogens with one attached hydrogen (secondary N) is 1. The van der Waals surface area contributed by atoms with Crippen LogP contribution in [-0.4, -0.2) is 67.1 Å². The predicted octanol–water partition coefficient (Wildman–Crippen LogP) is 6.54. The third-order valence-electron chi connectivity index (χ3n) is 10.0. The van der Waals surface area contributed by atoms with Gasteiger partial charge in [-0.3, -0.25) is 4.79 Å². The summed E-state index contributed by atoms with van der Waals surface area (Å²) in [7, 11) is 0.704. The van der Waals surface area contributed by atoms with Crippen LogP contribution in [0.5, 0.6) is 11.5 Å². The third-order valence-corrected chi connectivity index (χ3v) is 14.5. The second-order valence-corrected chi connectivity index (χ2v) is 18.8. The molecule has 0 aliphatic carbocycles. The molecule has 0 amide bonds.